The van der Waals surface area contributed by atoms with Crippen LogP contribution in [0.25, 0.3) is 33.6 Å². The van der Waals surface area contributed by atoms with Gasteiger partial charge in [-0.15, -0.1) is 0 Å². The van der Waals surface area contributed by atoms with Crippen molar-refractivity contribution in [3.8, 4) is 33.6 Å². The van der Waals surface area contributed by atoms with Crippen LogP contribution < -0.4 is 5.32 Å². The zero-order chi connectivity index (χ0) is 44.4. The summed E-state index contributed by atoms with van der Waals surface area (Å²) in [5, 5.41) is 12.1. The third-order valence-electron chi connectivity index (χ3n) is 9.11. The number of carbonyl (C=O) groups is 3. The molecule has 3 amide bonds. The molecule has 0 spiro atoms. The number of hydrogen-bond donors (Lipinski definition) is 1. The largest absolute Gasteiger partial charge is 0.444 e. The van der Waals surface area contributed by atoms with E-state index in [0.717, 1.165) is 43.8 Å². The third-order valence-corrected chi connectivity index (χ3v) is 9.95. The molecule has 0 radical (unpaired) electrons. The Labute approximate surface area is 362 Å². The number of rotatable bonds is 4. The second-order valence-electron chi connectivity index (χ2n) is 17.6. The van der Waals surface area contributed by atoms with Gasteiger partial charge in [0.15, 0.2) is 0 Å². The molecule has 0 saturated carbocycles. The number of anilines is 1. The standard InChI is InChI=1S/C27H32FN5O4.C17H19BrFN3O2/c1-26(2,3)36-24(34)30-21-15-18(11-12-29-21)22-20-16-32(25(35)37-27(4,5)6)13-14-33(20)31-23(22)17-7-9-19(28)10-8-17;1-17(2,3)24-16(23)21-8-9-22-13(10-21)14(18)15(20-22)11-4-6-12(19)7-5-11/h7-12,15H,13-14,16H2,1-6H3,(H,29,30,34);4-7H,8-10H2,1-3H3. The molecular weight excluding hydrogens is 854 g/mol. The predicted octanol–water partition coefficient (Wildman–Crippen LogP) is 10.1. The molecule has 5 aromatic rings. The molecule has 17 heteroatoms. The van der Waals surface area contributed by atoms with Crippen molar-refractivity contribution in [1.29, 1.82) is 0 Å². The molecule has 7 rings (SSSR count). The van der Waals surface area contributed by atoms with Gasteiger partial charge >= 0.3 is 18.3 Å². The highest BCUT2D eigenvalue weighted by Crippen LogP contribution is 2.38. The lowest BCUT2D eigenvalue weighted by Gasteiger charge is -2.30. The van der Waals surface area contributed by atoms with Crippen molar-refractivity contribution < 1.29 is 37.4 Å². The summed E-state index contributed by atoms with van der Waals surface area (Å²) in [4.78, 5) is 45.0. The average Bonchev–Trinajstić information content (AvgIpc) is 3.70. The summed E-state index contributed by atoms with van der Waals surface area (Å²) in [6.07, 6.45) is 0.222. The SMILES string of the molecule is CC(C)(C)OC(=O)N1CCn2nc(-c3ccc(F)cc3)c(Br)c2C1.CC(C)(C)OC(=O)Nc1cc(-c2c(-c3ccc(F)cc3)nn3c2CN(C(=O)OC(C)(C)C)CC3)ccn1. The number of aromatic nitrogens is 5. The fourth-order valence-electron chi connectivity index (χ4n) is 6.54. The van der Waals surface area contributed by atoms with Gasteiger partial charge in [-0.3, -0.25) is 14.7 Å². The molecule has 0 unspecified atom stereocenters. The van der Waals surface area contributed by atoms with Crippen LogP contribution in [0.1, 0.15) is 73.7 Å². The van der Waals surface area contributed by atoms with Gasteiger partial charge in [-0.2, -0.15) is 10.2 Å². The van der Waals surface area contributed by atoms with Crippen LogP contribution in [-0.4, -0.2) is 82.5 Å². The molecule has 3 aromatic heterocycles. The summed E-state index contributed by atoms with van der Waals surface area (Å²) >= 11 is 3.57. The topological polar surface area (TPSA) is 146 Å². The summed E-state index contributed by atoms with van der Waals surface area (Å²) < 4.78 is 47.7. The normalized spacial score (nSPS) is 14.0. The summed E-state index contributed by atoms with van der Waals surface area (Å²) in [6.45, 7) is 19.1. The number of hydrogen-bond acceptors (Lipinski definition) is 9. The number of nitrogens with zero attached hydrogens (tertiary/aromatic N) is 7. The van der Waals surface area contributed by atoms with Gasteiger partial charge in [0.1, 0.15) is 45.6 Å². The summed E-state index contributed by atoms with van der Waals surface area (Å²) in [6, 6.07) is 15.8. The Kier molecular flexibility index (Phi) is 12.9. The molecule has 0 fully saturated rings. The monoisotopic (exact) mass is 904 g/mol. The molecule has 14 nitrogen and oxygen atoms in total. The van der Waals surface area contributed by atoms with Gasteiger partial charge in [0.2, 0.25) is 0 Å². The van der Waals surface area contributed by atoms with E-state index in [1.54, 1.807) is 73.2 Å². The molecule has 2 aromatic carbocycles. The van der Waals surface area contributed by atoms with Gasteiger partial charge in [-0.1, -0.05) is 0 Å². The molecular formula is C44H51BrF2N8O6. The van der Waals surface area contributed by atoms with Crippen LogP contribution in [0.4, 0.5) is 29.0 Å². The minimum atomic E-state index is -0.659. The molecule has 2 aliphatic rings. The van der Waals surface area contributed by atoms with E-state index in [1.807, 2.05) is 50.9 Å². The molecule has 2 aliphatic heterocycles. The second-order valence-corrected chi connectivity index (χ2v) is 18.4. The number of benzene rings is 2. The number of pyridine rings is 1. The first kappa shape index (κ1) is 44.7. The Hall–Kier alpha value is -5.84. The summed E-state index contributed by atoms with van der Waals surface area (Å²) in [7, 11) is 0. The van der Waals surface area contributed by atoms with Gasteiger partial charge in [0.25, 0.3) is 0 Å². The van der Waals surface area contributed by atoms with Gasteiger partial charge in [0.05, 0.1) is 42.0 Å². The van der Waals surface area contributed by atoms with Crippen LogP contribution >= 0.6 is 15.9 Å². The Morgan fingerprint density at radius 3 is 1.59 bits per heavy atom. The minimum Gasteiger partial charge on any atom is -0.444 e. The van der Waals surface area contributed by atoms with Crippen LogP contribution in [0.5, 0.6) is 0 Å². The number of fused-ring (bicyclic) bond motifs is 2. The fourth-order valence-corrected chi connectivity index (χ4v) is 7.17. The summed E-state index contributed by atoms with van der Waals surface area (Å²) in [5.41, 5.74) is 4.32. The van der Waals surface area contributed by atoms with E-state index in [1.165, 1.54) is 24.3 Å². The van der Waals surface area contributed by atoms with Crippen LogP contribution in [0, 0.1) is 11.6 Å². The summed E-state index contributed by atoms with van der Waals surface area (Å²) in [5.74, 6) is -0.329. The number of halogens is 3. The van der Waals surface area contributed by atoms with Crippen LogP contribution in [-0.2, 0) is 40.4 Å². The first-order valence-electron chi connectivity index (χ1n) is 19.8. The van der Waals surface area contributed by atoms with E-state index < -0.39 is 29.0 Å². The second kappa shape index (κ2) is 17.6. The van der Waals surface area contributed by atoms with E-state index in [0.29, 0.717) is 44.2 Å². The number of carbonyl (C=O) groups excluding carboxylic acids is 3. The Morgan fingerprint density at radius 1 is 0.623 bits per heavy atom. The van der Waals surface area contributed by atoms with Crippen LogP contribution in [0.2, 0.25) is 0 Å². The number of amides is 3. The zero-order valence-corrected chi connectivity index (χ0v) is 37.4. The van der Waals surface area contributed by atoms with Crippen molar-refractivity contribution in [3.05, 3.63) is 94.4 Å². The van der Waals surface area contributed by atoms with E-state index >= 15 is 0 Å². The molecule has 61 heavy (non-hydrogen) atoms. The molecule has 0 bridgehead atoms. The van der Waals surface area contributed by atoms with Crippen LogP contribution in [0.3, 0.4) is 0 Å². The maximum atomic E-state index is 13.7. The minimum absolute atomic E-state index is 0.273. The lowest BCUT2D eigenvalue weighted by Crippen LogP contribution is -2.41. The highest BCUT2D eigenvalue weighted by Gasteiger charge is 2.32. The van der Waals surface area contributed by atoms with E-state index in [9.17, 15) is 23.2 Å². The fraction of sp³-hybridized carbons (Fsp3) is 0.409. The average molecular weight is 906 g/mol. The maximum Gasteiger partial charge on any atom is 0.413 e. The van der Waals surface area contributed by atoms with Gasteiger partial charge < -0.3 is 24.0 Å². The lowest BCUT2D eigenvalue weighted by atomic mass is 9.98. The van der Waals surface area contributed by atoms with E-state index in [-0.39, 0.29) is 24.3 Å². The molecule has 1 N–H and O–H groups in total. The number of nitrogens with one attached hydrogen (secondary N) is 1. The first-order chi connectivity index (χ1) is 28.5. The van der Waals surface area contributed by atoms with Crippen molar-refractivity contribution >= 4 is 40.0 Å². The quantitative estimate of drug-likeness (QED) is 0.174. The van der Waals surface area contributed by atoms with Crippen LogP contribution in [0.15, 0.2) is 71.3 Å². The highest BCUT2D eigenvalue weighted by molar-refractivity contribution is 9.10. The highest BCUT2D eigenvalue weighted by atomic mass is 79.9. The molecule has 0 atom stereocenters. The zero-order valence-electron chi connectivity index (χ0n) is 35.8. The van der Waals surface area contributed by atoms with Gasteiger partial charge in [-0.05, 0) is 144 Å². The molecule has 324 valence electrons. The van der Waals surface area contributed by atoms with Crippen molar-refractivity contribution in [3.63, 3.8) is 0 Å². The van der Waals surface area contributed by atoms with E-state index in [4.69, 9.17) is 19.3 Å². The van der Waals surface area contributed by atoms with Gasteiger partial charge in [0, 0.05) is 36.0 Å². The van der Waals surface area contributed by atoms with Crippen molar-refractivity contribution in [1.82, 2.24) is 34.3 Å². The Balaban J connectivity index is 0.000000223. The Morgan fingerprint density at radius 2 is 1.08 bits per heavy atom. The maximum absolute atomic E-state index is 13.7. The van der Waals surface area contributed by atoms with Gasteiger partial charge in [-0.25, -0.2) is 28.1 Å². The smallest absolute Gasteiger partial charge is 0.413 e. The number of ether oxygens (including phenoxy) is 3. The Bertz CT molecular complexity index is 2400. The first-order valence-corrected chi connectivity index (χ1v) is 20.6. The molecule has 0 aliphatic carbocycles. The molecule has 0 saturated heterocycles. The van der Waals surface area contributed by atoms with Crippen molar-refractivity contribution in [2.24, 2.45) is 0 Å². The third kappa shape index (κ3) is 11.5. The molecule has 5 heterocycles. The van der Waals surface area contributed by atoms with Crippen molar-refractivity contribution in [2.75, 3.05) is 18.4 Å². The predicted molar refractivity (Wildman–Crippen MR) is 229 cm³/mol. The lowest BCUT2D eigenvalue weighted by molar-refractivity contribution is 0.0184. The van der Waals surface area contributed by atoms with Crippen molar-refractivity contribution in [2.45, 2.75) is 105 Å². The van der Waals surface area contributed by atoms with E-state index in [2.05, 4.69) is 31.3 Å².